The normalized spacial score (nSPS) is 18.0. The molecule has 1 heterocycles. The standard InChI is InChI=1S/C24H32N2O5S2/c1-17(2)14-22(25-33(30,31)23-15-18(3)10-11-19(23)4)24(27)26-13-12-21(16-26)32(28,29)20-8-6-5-7-9-20/h5-11,15,17,21-22,25H,12-14,16H2,1-4H3. The Morgan fingerprint density at radius 1 is 1.06 bits per heavy atom. The summed E-state index contributed by atoms with van der Waals surface area (Å²) < 4.78 is 54.9. The summed E-state index contributed by atoms with van der Waals surface area (Å²) in [6.45, 7) is 7.68. The van der Waals surface area contributed by atoms with E-state index in [1.807, 2.05) is 26.8 Å². The van der Waals surface area contributed by atoms with Gasteiger partial charge in [-0.05, 0) is 61.9 Å². The fraction of sp³-hybridized carbons (Fsp3) is 0.458. The third kappa shape index (κ3) is 5.83. The SMILES string of the molecule is Cc1ccc(C)c(S(=O)(=O)NC(CC(C)C)C(=O)N2CCC(S(=O)(=O)c3ccccc3)C2)c1. The maximum Gasteiger partial charge on any atom is 0.241 e. The van der Waals surface area contributed by atoms with E-state index in [2.05, 4.69) is 4.72 Å². The lowest BCUT2D eigenvalue weighted by Crippen LogP contribution is -2.49. The Labute approximate surface area is 197 Å². The first-order chi connectivity index (χ1) is 15.4. The van der Waals surface area contributed by atoms with E-state index >= 15 is 0 Å². The highest BCUT2D eigenvalue weighted by molar-refractivity contribution is 7.92. The third-order valence-corrected chi connectivity index (χ3v) is 9.71. The van der Waals surface area contributed by atoms with E-state index in [4.69, 9.17) is 0 Å². The second-order valence-corrected chi connectivity index (χ2v) is 13.0. The molecule has 7 nitrogen and oxygen atoms in total. The molecule has 3 rings (SSSR count). The van der Waals surface area contributed by atoms with Crippen LogP contribution < -0.4 is 4.72 Å². The van der Waals surface area contributed by atoms with E-state index in [1.165, 1.54) is 4.90 Å². The van der Waals surface area contributed by atoms with E-state index in [0.29, 0.717) is 18.4 Å². The average Bonchev–Trinajstić information content (AvgIpc) is 3.25. The van der Waals surface area contributed by atoms with Gasteiger partial charge in [0, 0.05) is 13.1 Å². The summed E-state index contributed by atoms with van der Waals surface area (Å²) >= 11 is 0. The van der Waals surface area contributed by atoms with E-state index < -0.39 is 31.2 Å². The van der Waals surface area contributed by atoms with E-state index in [1.54, 1.807) is 49.4 Å². The van der Waals surface area contributed by atoms with Gasteiger partial charge in [0.05, 0.1) is 15.0 Å². The molecule has 33 heavy (non-hydrogen) atoms. The molecule has 180 valence electrons. The first kappa shape index (κ1) is 25.4. The quantitative estimate of drug-likeness (QED) is 0.610. The molecule has 1 fully saturated rings. The molecule has 2 aromatic carbocycles. The third-order valence-electron chi connectivity index (χ3n) is 5.90. The molecule has 0 bridgehead atoms. The predicted molar refractivity (Wildman–Crippen MR) is 128 cm³/mol. The summed E-state index contributed by atoms with van der Waals surface area (Å²) in [6, 6.07) is 12.4. The number of aryl methyl sites for hydroxylation is 2. The van der Waals surface area contributed by atoms with Crippen LogP contribution in [-0.2, 0) is 24.7 Å². The largest absolute Gasteiger partial charge is 0.340 e. The zero-order chi connectivity index (χ0) is 24.4. The topological polar surface area (TPSA) is 101 Å². The van der Waals surface area contributed by atoms with Crippen molar-refractivity contribution in [3.05, 3.63) is 59.7 Å². The predicted octanol–water partition coefficient (Wildman–Crippen LogP) is 3.07. The van der Waals surface area contributed by atoms with Crippen molar-refractivity contribution in [3.8, 4) is 0 Å². The number of nitrogens with zero attached hydrogens (tertiary/aromatic N) is 1. The summed E-state index contributed by atoms with van der Waals surface area (Å²) in [5.74, 6) is -0.324. The van der Waals surface area contributed by atoms with Crippen LogP contribution in [0.25, 0.3) is 0 Å². The maximum atomic E-state index is 13.4. The van der Waals surface area contributed by atoms with Crippen LogP contribution in [0.15, 0.2) is 58.3 Å². The first-order valence-electron chi connectivity index (χ1n) is 11.1. The molecule has 2 atom stereocenters. The maximum absolute atomic E-state index is 13.4. The Kier molecular flexibility index (Phi) is 7.65. The minimum atomic E-state index is -3.93. The van der Waals surface area contributed by atoms with Gasteiger partial charge >= 0.3 is 0 Å². The lowest BCUT2D eigenvalue weighted by atomic mass is 10.0. The van der Waals surface area contributed by atoms with Crippen molar-refractivity contribution in [1.82, 2.24) is 9.62 Å². The van der Waals surface area contributed by atoms with Crippen molar-refractivity contribution in [2.24, 2.45) is 5.92 Å². The minimum Gasteiger partial charge on any atom is -0.340 e. The number of sulfone groups is 1. The summed E-state index contributed by atoms with van der Waals surface area (Å²) in [5.41, 5.74) is 1.40. The second kappa shape index (κ2) is 9.95. The van der Waals surface area contributed by atoms with Crippen LogP contribution in [0.2, 0.25) is 0 Å². The Morgan fingerprint density at radius 3 is 2.36 bits per heavy atom. The summed E-state index contributed by atoms with van der Waals surface area (Å²) in [6.07, 6.45) is 0.636. The van der Waals surface area contributed by atoms with Gasteiger partial charge in [0.15, 0.2) is 9.84 Å². The van der Waals surface area contributed by atoms with Gasteiger partial charge in [-0.1, -0.05) is 44.2 Å². The first-order valence-corrected chi connectivity index (χ1v) is 14.1. The number of likely N-dealkylation sites (tertiary alicyclic amines) is 1. The zero-order valence-electron chi connectivity index (χ0n) is 19.5. The molecule has 0 aromatic heterocycles. The van der Waals surface area contributed by atoms with Crippen molar-refractivity contribution in [3.63, 3.8) is 0 Å². The molecule has 2 aromatic rings. The van der Waals surface area contributed by atoms with Crippen LogP contribution in [0.5, 0.6) is 0 Å². The van der Waals surface area contributed by atoms with Crippen LogP contribution in [-0.4, -0.2) is 52.0 Å². The molecule has 2 unspecified atom stereocenters. The fourth-order valence-corrected chi connectivity index (χ4v) is 7.37. The molecule has 0 spiro atoms. The molecule has 1 aliphatic heterocycles. The molecular weight excluding hydrogens is 460 g/mol. The van der Waals surface area contributed by atoms with Gasteiger partial charge in [-0.25, -0.2) is 16.8 Å². The number of carbonyl (C=O) groups excluding carboxylic acids is 1. The van der Waals surface area contributed by atoms with Gasteiger partial charge in [0.1, 0.15) is 6.04 Å². The Hall–Kier alpha value is -2.23. The van der Waals surface area contributed by atoms with Crippen molar-refractivity contribution >= 4 is 25.8 Å². The number of amides is 1. The summed E-state index contributed by atoms with van der Waals surface area (Å²) in [7, 11) is -7.51. The van der Waals surface area contributed by atoms with Crippen LogP contribution in [0.3, 0.4) is 0 Å². The molecule has 0 radical (unpaired) electrons. The van der Waals surface area contributed by atoms with Crippen molar-refractivity contribution in [1.29, 1.82) is 0 Å². The van der Waals surface area contributed by atoms with Gasteiger partial charge in [-0.3, -0.25) is 4.79 Å². The molecule has 1 amide bonds. The molecular formula is C24H32N2O5S2. The zero-order valence-corrected chi connectivity index (χ0v) is 21.1. The molecule has 0 saturated carbocycles. The highest BCUT2D eigenvalue weighted by Gasteiger charge is 2.39. The van der Waals surface area contributed by atoms with Crippen LogP contribution in [0.1, 0.15) is 37.8 Å². The molecule has 1 N–H and O–H groups in total. The summed E-state index contributed by atoms with van der Waals surface area (Å²) in [5, 5.41) is -0.709. The highest BCUT2D eigenvalue weighted by atomic mass is 32.2. The number of sulfonamides is 1. The van der Waals surface area contributed by atoms with Gasteiger partial charge in [0.2, 0.25) is 15.9 Å². The number of hydrogen-bond acceptors (Lipinski definition) is 5. The number of nitrogens with one attached hydrogen (secondary N) is 1. The monoisotopic (exact) mass is 492 g/mol. The molecule has 0 aliphatic carbocycles. The van der Waals surface area contributed by atoms with Crippen LogP contribution in [0.4, 0.5) is 0 Å². The molecule has 1 aliphatic rings. The van der Waals surface area contributed by atoms with Crippen molar-refractivity contribution in [2.75, 3.05) is 13.1 Å². The van der Waals surface area contributed by atoms with E-state index in [0.717, 1.165) is 5.56 Å². The second-order valence-electron chi connectivity index (χ2n) is 9.13. The lowest BCUT2D eigenvalue weighted by Gasteiger charge is -2.26. The highest BCUT2D eigenvalue weighted by Crippen LogP contribution is 2.25. The number of hydrogen-bond donors (Lipinski definition) is 1. The Balaban J connectivity index is 1.81. The lowest BCUT2D eigenvalue weighted by molar-refractivity contribution is -0.132. The fourth-order valence-electron chi connectivity index (χ4n) is 4.12. The van der Waals surface area contributed by atoms with Crippen LogP contribution >= 0.6 is 0 Å². The smallest absolute Gasteiger partial charge is 0.241 e. The van der Waals surface area contributed by atoms with Gasteiger partial charge in [-0.15, -0.1) is 0 Å². The molecule has 1 saturated heterocycles. The van der Waals surface area contributed by atoms with Gasteiger partial charge < -0.3 is 4.90 Å². The van der Waals surface area contributed by atoms with E-state index in [9.17, 15) is 21.6 Å². The summed E-state index contributed by atoms with van der Waals surface area (Å²) in [4.78, 5) is 15.2. The van der Waals surface area contributed by atoms with Crippen molar-refractivity contribution in [2.45, 2.75) is 61.6 Å². The number of carbonyl (C=O) groups is 1. The van der Waals surface area contributed by atoms with Crippen molar-refractivity contribution < 1.29 is 21.6 Å². The van der Waals surface area contributed by atoms with Gasteiger partial charge in [0.25, 0.3) is 0 Å². The Bertz CT molecular complexity index is 1210. The minimum absolute atomic E-state index is 0.0514. The van der Waals surface area contributed by atoms with Gasteiger partial charge in [-0.2, -0.15) is 4.72 Å². The average molecular weight is 493 g/mol. The number of benzene rings is 2. The van der Waals surface area contributed by atoms with E-state index in [-0.39, 0.29) is 34.7 Å². The molecule has 9 heteroatoms. The number of rotatable bonds is 8. The van der Waals surface area contributed by atoms with Crippen LogP contribution in [0, 0.1) is 19.8 Å². The Morgan fingerprint density at radius 2 is 1.73 bits per heavy atom.